The highest BCUT2D eigenvalue weighted by Gasteiger charge is 2.38. The fraction of sp³-hybridized carbons (Fsp3) is 0.0500. The summed E-state index contributed by atoms with van der Waals surface area (Å²) in [5, 5.41) is 0. The number of carbonyl (C=O) groups is 1. The summed E-state index contributed by atoms with van der Waals surface area (Å²) < 4.78 is 0. The van der Waals surface area contributed by atoms with Crippen LogP contribution in [0.25, 0.3) is 0 Å². The van der Waals surface area contributed by atoms with E-state index in [-0.39, 0.29) is 11.8 Å². The number of nitrogens with zero attached hydrogens (tertiary/aromatic N) is 1. The second-order valence-electron chi connectivity index (χ2n) is 5.67. The van der Waals surface area contributed by atoms with E-state index in [1.54, 1.807) is 4.90 Å². The van der Waals surface area contributed by atoms with Crippen LogP contribution in [0.15, 0.2) is 78.9 Å². The lowest BCUT2D eigenvalue weighted by Gasteiger charge is -2.18. The monoisotopic (exact) mass is 300 g/mol. The highest BCUT2D eigenvalue weighted by Crippen LogP contribution is 2.44. The van der Waals surface area contributed by atoms with E-state index in [0.717, 1.165) is 22.5 Å². The highest BCUT2D eigenvalue weighted by atomic mass is 16.2. The van der Waals surface area contributed by atoms with Gasteiger partial charge in [-0.2, -0.15) is 0 Å². The largest absolute Gasteiger partial charge is 0.399 e. The molecule has 1 heterocycles. The molecule has 3 aromatic rings. The Kier molecular flexibility index (Phi) is 3.12. The molecule has 23 heavy (non-hydrogen) atoms. The first-order chi connectivity index (χ1) is 11.3. The molecule has 0 bridgehead atoms. The lowest BCUT2D eigenvalue weighted by Crippen LogP contribution is -2.24. The maximum absolute atomic E-state index is 13.1. The van der Waals surface area contributed by atoms with Crippen molar-refractivity contribution in [1.29, 1.82) is 0 Å². The summed E-state index contributed by atoms with van der Waals surface area (Å²) in [5.74, 6) is -0.214. The Morgan fingerprint density at radius 1 is 0.783 bits per heavy atom. The van der Waals surface area contributed by atoms with Crippen molar-refractivity contribution in [1.82, 2.24) is 0 Å². The van der Waals surface area contributed by atoms with Gasteiger partial charge in [0.05, 0.1) is 11.6 Å². The molecule has 0 fully saturated rings. The molecule has 1 atom stereocenters. The third-order valence-electron chi connectivity index (χ3n) is 4.24. The van der Waals surface area contributed by atoms with Crippen molar-refractivity contribution >= 4 is 23.0 Å². The predicted octanol–water partition coefficient (Wildman–Crippen LogP) is 4.08. The first-order valence-electron chi connectivity index (χ1n) is 7.59. The van der Waals surface area contributed by atoms with Crippen LogP contribution in [0.2, 0.25) is 0 Å². The van der Waals surface area contributed by atoms with E-state index in [9.17, 15) is 4.79 Å². The SMILES string of the molecule is Nc1ccc(C2C(=O)N(c3ccccc3)c3ccccc32)cc1. The maximum atomic E-state index is 13.1. The Morgan fingerprint density at radius 2 is 1.43 bits per heavy atom. The van der Waals surface area contributed by atoms with Crippen LogP contribution in [0.4, 0.5) is 17.1 Å². The molecule has 1 amide bonds. The molecule has 0 aliphatic carbocycles. The average Bonchev–Trinajstić information content (AvgIpc) is 2.88. The van der Waals surface area contributed by atoms with Gasteiger partial charge in [-0.05, 0) is 41.5 Å². The minimum Gasteiger partial charge on any atom is -0.399 e. The number of amides is 1. The van der Waals surface area contributed by atoms with Crippen LogP contribution in [0.1, 0.15) is 17.0 Å². The van der Waals surface area contributed by atoms with Gasteiger partial charge in [-0.1, -0.05) is 48.5 Å². The number of rotatable bonds is 2. The molecule has 1 aliphatic rings. The third kappa shape index (κ3) is 2.18. The van der Waals surface area contributed by atoms with Crippen LogP contribution in [0.3, 0.4) is 0 Å². The van der Waals surface area contributed by atoms with Crippen LogP contribution in [-0.4, -0.2) is 5.91 Å². The molecule has 112 valence electrons. The van der Waals surface area contributed by atoms with Crippen molar-refractivity contribution in [2.24, 2.45) is 0 Å². The molecule has 0 aromatic heterocycles. The predicted molar refractivity (Wildman–Crippen MR) is 92.7 cm³/mol. The third-order valence-corrected chi connectivity index (χ3v) is 4.24. The number of nitrogen functional groups attached to an aromatic ring is 1. The molecule has 1 aliphatic heterocycles. The lowest BCUT2D eigenvalue weighted by atomic mass is 9.92. The van der Waals surface area contributed by atoms with Crippen LogP contribution < -0.4 is 10.6 Å². The number of anilines is 3. The zero-order valence-electron chi connectivity index (χ0n) is 12.5. The number of carbonyl (C=O) groups excluding carboxylic acids is 1. The van der Waals surface area contributed by atoms with E-state index in [1.165, 1.54) is 0 Å². The minimum absolute atomic E-state index is 0.0715. The molecule has 0 spiro atoms. The Balaban J connectivity index is 1.87. The van der Waals surface area contributed by atoms with Gasteiger partial charge >= 0.3 is 0 Å². The fourth-order valence-electron chi connectivity index (χ4n) is 3.17. The van der Waals surface area contributed by atoms with Gasteiger partial charge in [0.1, 0.15) is 0 Å². The summed E-state index contributed by atoms with van der Waals surface area (Å²) in [6.07, 6.45) is 0. The van der Waals surface area contributed by atoms with E-state index >= 15 is 0 Å². The minimum atomic E-state index is -0.285. The van der Waals surface area contributed by atoms with Crippen LogP contribution in [-0.2, 0) is 4.79 Å². The molecule has 3 heteroatoms. The number of nitrogens with two attached hydrogens (primary N) is 1. The van der Waals surface area contributed by atoms with Gasteiger partial charge in [-0.3, -0.25) is 9.69 Å². The van der Waals surface area contributed by atoms with Gasteiger partial charge in [0.2, 0.25) is 5.91 Å². The van der Waals surface area contributed by atoms with Crippen molar-refractivity contribution in [2.75, 3.05) is 10.6 Å². The standard InChI is InChI=1S/C20H16N2O/c21-15-12-10-14(11-13-15)19-17-8-4-5-9-18(17)22(20(19)23)16-6-2-1-3-7-16/h1-13,19H,21H2. The number of fused-ring (bicyclic) bond motifs is 1. The molecule has 4 rings (SSSR count). The van der Waals surface area contributed by atoms with Crippen molar-refractivity contribution in [3.8, 4) is 0 Å². The maximum Gasteiger partial charge on any atom is 0.243 e. The molecule has 0 saturated heterocycles. The molecule has 2 N–H and O–H groups in total. The first-order valence-corrected chi connectivity index (χ1v) is 7.59. The molecule has 1 unspecified atom stereocenters. The van der Waals surface area contributed by atoms with Crippen molar-refractivity contribution in [3.05, 3.63) is 90.0 Å². The second kappa shape index (κ2) is 5.29. The Labute approximate surface area is 135 Å². The Hall–Kier alpha value is -3.07. The van der Waals surface area contributed by atoms with Crippen LogP contribution in [0.5, 0.6) is 0 Å². The van der Waals surface area contributed by atoms with Crippen LogP contribution >= 0.6 is 0 Å². The number of hydrogen-bond acceptors (Lipinski definition) is 2. The van der Waals surface area contributed by atoms with E-state index < -0.39 is 0 Å². The second-order valence-corrected chi connectivity index (χ2v) is 5.67. The van der Waals surface area contributed by atoms with Gasteiger partial charge in [0.15, 0.2) is 0 Å². The molecule has 3 nitrogen and oxygen atoms in total. The number of hydrogen-bond donors (Lipinski definition) is 1. The quantitative estimate of drug-likeness (QED) is 0.725. The van der Waals surface area contributed by atoms with Gasteiger partial charge in [0.25, 0.3) is 0 Å². The highest BCUT2D eigenvalue weighted by molar-refractivity contribution is 6.11. The summed E-state index contributed by atoms with van der Waals surface area (Å²) in [6.45, 7) is 0. The summed E-state index contributed by atoms with van der Waals surface area (Å²) >= 11 is 0. The normalized spacial score (nSPS) is 16.4. The van der Waals surface area contributed by atoms with E-state index in [0.29, 0.717) is 5.69 Å². The summed E-state index contributed by atoms with van der Waals surface area (Å²) in [7, 11) is 0. The lowest BCUT2D eigenvalue weighted by molar-refractivity contribution is -0.117. The van der Waals surface area contributed by atoms with E-state index in [4.69, 9.17) is 5.73 Å². The number of para-hydroxylation sites is 2. The van der Waals surface area contributed by atoms with Gasteiger partial charge in [-0.25, -0.2) is 0 Å². The summed E-state index contributed by atoms with van der Waals surface area (Å²) in [5.41, 5.74) is 10.3. The zero-order chi connectivity index (χ0) is 15.8. The van der Waals surface area contributed by atoms with Crippen molar-refractivity contribution < 1.29 is 4.79 Å². The van der Waals surface area contributed by atoms with Crippen LogP contribution in [0, 0.1) is 0 Å². The molecule has 0 saturated carbocycles. The molecule has 3 aromatic carbocycles. The molecular formula is C20H16N2O. The van der Waals surface area contributed by atoms with E-state index in [2.05, 4.69) is 0 Å². The van der Waals surface area contributed by atoms with Crippen molar-refractivity contribution in [3.63, 3.8) is 0 Å². The fourth-order valence-corrected chi connectivity index (χ4v) is 3.17. The average molecular weight is 300 g/mol. The smallest absolute Gasteiger partial charge is 0.243 e. The molecular weight excluding hydrogens is 284 g/mol. The Bertz CT molecular complexity index is 856. The zero-order valence-corrected chi connectivity index (χ0v) is 12.5. The first kappa shape index (κ1) is 13.6. The van der Waals surface area contributed by atoms with Gasteiger partial charge in [-0.15, -0.1) is 0 Å². The molecule has 0 radical (unpaired) electrons. The topological polar surface area (TPSA) is 46.3 Å². The van der Waals surface area contributed by atoms with Gasteiger partial charge in [0, 0.05) is 11.4 Å². The Morgan fingerprint density at radius 3 is 2.17 bits per heavy atom. The van der Waals surface area contributed by atoms with E-state index in [1.807, 2.05) is 78.9 Å². The number of benzene rings is 3. The summed E-state index contributed by atoms with van der Waals surface area (Å²) in [6, 6.07) is 25.3. The van der Waals surface area contributed by atoms with Gasteiger partial charge < -0.3 is 5.73 Å². The van der Waals surface area contributed by atoms with Crippen molar-refractivity contribution in [2.45, 2.75) is 5.92 Å². The summed E-state index contributed by atoms with van der Waals surface area (Å²) in [4.78, 5) is 14.9.